The topological polar surface area (TPSA) is 133 Å². The number of amides is 2. The molecule has 0 fully saturated rings. The number of thioether (sulfide) groups is 1. The molecule has 2 N–H and O–H groups in total. The fourth-order valence-corrected chi connectivity index (χ4v) is 4.00. The van der Waals surface area contributed by atoms with Crippen LogP contribution in [-0.2, 0) is 22.7 Å². The molecule has 2 amide bonds. The summed E-state index contributed by atoms with van der Waals surface area (Å²) in [6, 6.07) is 12.7. The molecule has 4 rings (SSSR count). The monoisotopic (exact) mass is 496 g/mol. The summed E-state index contributed by atoms with van der Waals surface area (Å²) in [6.45, 7) is 1.34. The Morgan fingerprint density at radius 1 is 1.11 bits per heavy atom. The van der Waals surface area contributed by atoms with Gasteiger partial charge in [0.05, 0.1) is 12.0 Å². The van der Waals surface area contributed by atoms with Crippen LogP contribution in [0.5, 0.6) is 5.75 Å². The van der Waals surface area contributed by atoms with Gasteiger partial charge in [0.1, 0.15) is 17.9 Å². The highest BCUT2D eigenvalue weighted by atomic mass is 32.2. The van der Waals surface area contributed by atoms with Gasteiger partial charge in [-0.05, 0) is 30.7 Å². The van der Waals surface area contributed by atoms with E-state index in [2.05, 4.69) is 26.0 Å². The number of rotatable bonds is 11. The summed E-state index contributed by atoms with van der Waals surface area (Å²) < 4.78 is 18.1. The molecule has 0 spiro atoms. The van der Waals surface area contributed by atoms with Crippen LogP contribution in [0.2, 0.25) is 0 Å². The Morgan fingerprint density at radius 2 is 2.00 bits per heavy atom. The van der Waals surface area contributed by atoms with Crippen molar-refractivity contribution in [3.05, 3.63) is 66.5 Å². The lowest BCUT2D eigenvalue weighted by Crippen LogP contribution is -2.42. The number of fused-ring (bicyclic) bond motifs is 1. The Bertz CT molecular complexity index is 1270. The van der Waals surface area contributed by atoms with E-state index in [0.717, 1.165) is 17.3 Å². The molecule has 35 heavy (non-hydrogen) atoms. The van der Waals surface area contributed by atoms with Crippen LogP contribution in [0.1, 0.15) is 22.8 Å². The Kier molecular flexibility index (Phi) is 8.30. The van der Waals surface area contributed by atoms with Crippen molar-refractivity contribution in [3.63, 3.8) is 0 Å². The molecule has 0 saturated heterocycles. The lowest BCUT2D eigenvalue weighted by atomic mass is 10.2. The Balaban J connectivity index is 1.38. The minimum atomic E-state index is -0.543. The number of hydrogen-bond acceptors (Lipinski definition) is 9. The summed E-state index contributed by atoms with van der Waals surface area (Å²) in [5.41, 5.74) is 5.43. The lowest BCUT2D eigenvalue weighted by molar-refractivity contribution is -0.119. The molecule has 12 heteroatoms. The van der Waals surface area contributed by atoms with E-state index in [4.69, 9.17) is 13.9 Å². The van der Waals surface area contributed by atoms with Crippen molar-refractivity contribution in [3.8, 4) is 5.75 Å². The summed E-state index contributed by atoms with van der Waals surface area (Å²) in [4.78, 5) is 28.5. The van der Waals surface area contributed by atoms with Gasteiger partial charge >= 0.3 is 5.91 Å². The summed E-state index contributed by atoms with van der Waals surface area (Å²) in [6.07, 6.45) is 3.83. The minimum Gasteiger partial charge on any atom is -0.483 e. The van der Waals surface area contributed by atoms with Crippen molar-refractivity contribution in [2.24, 2.45) is 0 Å². The number of benzene rings is 1. The molecule has 1 aromatic carbocycles. The van der Waals surface area contributed by atoms with Gasteiger partial charge in [-0.1, -0.05) is 30.0 Å². The molecule has 0 aliphatic heterocycles. The van der Waals surface area contributed by atoms with Gasteiger partial charge in [0.15, 0.2) is 16.7 Å². The van der Waals surface area contributed by atoms with E-state index in [1.165, 1.54) is 24.1 Å². The first kappa shape index (κ1) is 24.2. The van der Waals surface area contributed by atoms with Gasteiger partial charge in [-0.25, -0.2) is 0 Å². The Hall–Kier alpha value is -3.90. The van der Waals surface area contributed by atoms with Crippen molar-refractivity contribution in [2.75, 3.05) is 19.5 Å². The van der Waals surface area contributed by atoms with Gasteiger partial charge in [0.25, 0.3) is 0 Å². The number of para-hydroxylation sites is 1. The molecule has 4 aromatic rings. The van der Waals surface area contributed by atoms with Crippen LogP contribution in [0.4, 0.5) is 0 Å². The van der Waals surface area contributed by atoms with E-state index >= 15 is 0 Å². The predicted molar refractivity (Wildman–Crippen MR) is 128 cm³/mol. The number of carbonyl (C=O) groups excluding carboxylic acids is 2. The molecule has 0 unspecified atom stereocenters. The maximum atomic E-state index is 12.2. The molecule has 11 nitrogen and oxygen atoms in total. The van der Waals surface area contributed by atoms with Crippen molar-refractivity contribution in [1.82, 2.24) is 30.6 Å². The minimum absolute atomic E-state index is 0.0228. The highest BCUT2D eigenvalue weighted by molar-refractivity contribution is 7.99. The number of furan rings is 1. The second kappa shape index (κ2) is 12.0. The number of aromatic nitrogens is 4. The highest BCUT2D eigenvalue weighted by Gasteiger charge is 2.16. The van der Waals surface area contributed by atoms with Gasteiger partial charge in [0, 0.05) is 31.8 Å². The van der Waals surface area contributed by atoms with Gasteiger partial charge in [-0.3, -0.25) is 25.4 Å². The maximum Gasteiger partial charge on any atom is 0.305 e. The number of hydrogen-bond donors (Lipinski definition) is 2. The second-order valence-electron chi connectivity index (χ2n) is 7.29. The van der Waals surface area contributed by atoms with Crippen molar-refractivity contribution in [1.29, 1.82) is 0 Å². The average molecular weight is 497 g/mol. The summed E-state index contributed by atoms with van der Waals surface area (Å²) in [7, 11) is 1.64. The number of nitrogens with one attached hydrogen (secondary N) is 2. The molecule has 0 aliphatic rings. The molecular weight excluding hydrogens is 472 g/mol. The molecule has 0 atom stereocenters. The smallest absolute Gasteiger partial charge is 0.305 e. The number of ether oxygens (including phenoxy) is 2. The number of methoxy groups -OCH3 is 1. The molecule has 0 bridgehead atoms. The van der Waals surface area contributed by atoms with E-state index < -0.39 is 11.8 Å². The largest absolute Gasteiger partial charge is 0.483 e. The SMILES string of the molecule is COCCCn1c(COc2cccc3cccnc23)nnc1SCC(=O)NNC(=O)c1ccco1. The third-order valence-corrected chi connectivity index (χ3v) is 5.84. The number of nitrogens with zero attached hydrogens (tertiary/aromatic N) is 4. The molecule has 0 radical (unpaired) electrons. The standard InChI is InChI=1S/C23H24N6O5S/c1-32-12-5-11-29-19(14-34-17-8-2-6-16-7-3-10-24-21(16)17)25-28-23(29)35-15-20(30)26-27-22(31)18-9-4-13-33-18/h2-4,6-10,13H,5,11-12,14-15H2,1H3,(H,26,30)(H,27,31). The second-order valence-corrected chi connectivity index (χ2v) is 8.23. The number of hydrazine groups is 1. The molecule has 182 valence electrons. The molecular formula is C23H24N6O5S. The van der Waals surface area contributed by atoms with Gasteiger partial charge < -0.3 is 18.5 Å². The molecule has 0 aliphatic carbocycles. The van der Waals surface area contributed by atoms with Crippen LogP contribution in [0.3, 0.4) is 0 Å². The number of pyridine rings is 1. The third kappa shape index (κ3) is 6.37. The van der Waals surface area contributed by atoms with Crippen molar-refractivity contribution >= 4 is 34.5 Å². The van der Waals surface area contributed by atoms with E-state index in [-0.39, 0.29) is 18.1 Å². The van der Waals surface area contributed by atoms with E-state index in [9.17, 15) is 9.59 Å². The quantitative estimate of drug-likeness (QED) is 0.183. The fraction of sp³-hybridized carbons (Fsp3) is 0.261. The number of carbonyl (C=O) groups is 2. The zero-order valence-electron chi connectivity index (χ0n) is 19.0. The highest BCUT2D eigenvalue weighted by Crippen LogP contribution is 2.24. The Morgan fingerprint density at radius 3 is 2.83 bits per heavy atom. The normalized spacial score (nSPS) is 10.9. The zero-order chi connectivity index (χ0) is 24.5. The van der Waals surface area contributed by atoms with Gasteiger partial charge in [0.2, 0.25) is 5.91 Å². The van der Waals surface area contributed by atoms with Gasteiger partial charge in [-0.15, -0.1) is 10.2 Å². The molecule has 3 heterocycles. The maximum absolute atomic E-state index is 12.2. The van der Waals surface area contributed by atoms with Crippen LogP contribution < -0.4 is 15.6 Å². The summed E-state index contributed by atoms with van der Waals surface area (Å²) in [5, 5.41) is 10.0. The molecule has 3 aromatic heterocycles. The van der Waals surface area contributed by atoms with E-state index in [0.29, 0.717) is 29.9 Å². The van der Waals surface area contributed by atoms with E-state index in [1.807, 2.05) is 34.9 Å². The average Bonchev–Trinajstić information content (AvgIpc) is 3.55. The fourth-order valence-electron chi connectivity index (χ4n) is 3.22. The van der Waals surface area contributed by atoms with Crippen LogP contribution in [0, 0.1) is 0 Å². The summed E-state index contributed by atoms with van der Waals surface area (Å²) in [5.74, 6) is 0.439. The first-order chi connectivity index (χ1) is 17.2. The zero-order valence-corrected chi connectivity index (χ0v) is 19.8. The van der Waals surface area contributed by atoms with E-state index in [1.54, 1.807) is 19.4 Å². The van der Waals surface area contributed by atoms with Crippen molar-refractivity contribution < 1.29 is 23.5 Å². The third-order valence-electron chi connectivity index (χ3n) is 4.87. The summed E-state index contributed by atoms with van der Waals surface area (Å²) >= 11 is 1.20. The first-order valence-electron chi connectivity index (χ1n) is 10.8. The van der Waals surface area contributed by atoms with Crippen LogP contribution in [0.25, 0.3) is 10.9 Å². The van der Waals surface area contributed by atoms with Gasteiger partial charge in [-0.2, -0.15) is 0 Å². The van der Waals surface area contributed by atoms with Crippen LogP contribution in [-0.4, -0.2) is 51.0 Å². The first-order valence-corrected chi connectivity index (χ1v) is 11.8. The van der Waals surface area contributed by atoms with Crippen LogP contribution >= 0.6 is 11.8 Å². The Labute approximate surface area is 205 Å². The lowest BCUT2D eigenvalue weighted by Gasteiger charge is -2.12. The predicted octanol–water partition coefficient (Wildman–Crippen LogP) is 2.59. The van der Waals surface area contributed by atoms with Crippen LogP contribution in [0.15, 0.2) is 64.5 Å². The van der Waals surface area contributed by atoms with Crippen molar-refractivity contribution in [2.45, 2.75) is 24.7 Å². The molecule has 0 saturated carbocycles.